The Morgan fingerprint density at radius 1 is 1.11 bits per heavy atom. The van der Waals surface area contributed by atoms with E-state index in [1.807, 2.05) is 0 Å². The zero-order chi connectivity index (χ0) is 12.8. The van der Waals surface area contributed by atoms with E-state index in [1.165, 1.54) is 71.5 Å². The van der Waals surface area contributed by atoms with Gasteiger partial charge in [-0.3, -0.25) is 0 Å². The van der Waals surface area contributed by atoms with E-state index in [9.17, 15) is 0 Å². The second-order valence-corrected chi connectivity index (χ2v) is 5.91. The van der Waals surface area contributed by atoms with Gasteiger partial charge in [-0.05, 0) is 64.3 Å². The fraction of sp³-hybridized carbons (Fsp3) is 1.00. The number of likely N-dealkylation sites (N-methyl/N-ethyl adjacent to an activating group) is 1. The first-order valence-electron chi connectivity index (χ1n) is 8.01. The molecule has 3 nitrogen and oxygen atoms in total. The zero-order valence-electron chi connectivity index (χ0n) is 12.3. The minimum Gasteiger partial charge on any atom is -0.314 e. The standard InChI is InChI=1S/C15H31N3/c1-3-17(4-2)12-13-18-10-7-14(8-11-18)15-6-5-9-16-15/h14-16H,3-13H2,1-2H3. The Kier molecular flexibility index (Phi) is 5.93. The highest BCUT2D eigenvalue weighted by molar-refractivity contribution is 4.85. The van der Waals surface area contributed by atoms with Gasteiger partial charge in [-0.1, -0.05) is 13.8 Å². The molecule has 0 aromatic carbocycles. The van der Waals surface area contributed by atoms with Gasteiger partial charge in [0.05, 0.1) is 0 Å². The monoisotopic (exact) mass is 253 g/mol. The van der Waals surface area contributed by atoms with Crippen molar-refractivity contribution in [2.24, 2.45) is 5.92 Å². The van der Waals surface area contributed by atoms with Crippen molar-refractivity contribution in [2.45, 2.75) is 45.6 Å². The average Bonchev–Trinajstić information content (AvgIpc) is 2.94. The summed E-state index contributed by atoms with van der Waals surface area (Å²) in [6.45, 7) is 13.3. The molecule has 2 fully saturated rings. The number of nitrogens with zero attached hydrogens (tertiary/aromatic N) is 2. The molecule has 0 aromatic heterocycles. The third kappa shape index (κ3) is 3.94. The van der Waals surface area contributed by atoms with Gasteiger partial charge in [0.25, 0.3) is 0 Å². The lowest BCUT2D eigenvalue weighted by molar-refractivity contribution is 0.145. The summed E-state index contributed by atoms with van der Waals surface area (Å²) in [4.78, 5) is 5.20. The van der Waals surface area contributed by atoms with Gasteiger partial charge in [0.1, 0.15) is 0 Å². The Balaban J connectivity index is 1.63. The molecule has 0 aromatic rings. The van der Waals surface area contributed by atoms with Gasteiger partial charge in [0.2, 0.25) is 0 Å². The Hall–Kier alpha value is -0.120. The zero-order valence-corrected chi connectivity index (χ0v) is 12.3. The molecule has 0 bridgehead atoms. The molecule has 1 atom stereocenters. The molecule has 0 amide bonds. The van der Waals surface area contributed by atoms with Crippen molar-refractivity contribution in [3.05, 3.63) is 0 Å². The van der Waals surface area contributed by atoms with Crippen LogP contribution >= 0.6 is 0 Å². The highest BCUT2D eigenvalue weighted by atomic mass is 15.2. The first-order valence-corrected chi connectivity index (χ1v) is 8.01. The van der Waals surface area contributed by atoms with Crippen LogP contribution in [0.5, 0.6) is 0 Å². The van der Waals surface area contributed by atoms with Gasteiger partial charge in [-0.25, -0.2) is 0 Å². The van der Waals surface area contributed by atoms with E-state index in [0.717, 1.165) is 12.0 Å². The van der Waals surface area contributed by atoms with Crippen LogP contribution in [0.4, 0.5) is 0 Å². The molecule has 2 aliphatic heterocycles. The lowest BCUT2D eigenvalue weighted by Gasteiger charge is -2.35. The summed E-state index contributed by atoms with van der Waals surface area (Å²) in [6.07, 6.45) is 5.64. The highest BCUT2D eigenvalue weighted by Crippen LogP contribution is 2.25. The molecule has 0 aliphatic carbocycles. The van der Waals surface area contributed by atoms with Crippen molar-refractivity contribution >= 4 is 0 Å². The van der Waals surface area contributed by atoms with E-state index in [1.54, 1.807) is 0 Å². The fourth-order valence-electron chi connectivity index (χ4n) is 3.52. The molecule has 0 spiro atoms. The minimum atomic E-state index is 0.843. The normalized spacial score (nSPS) is 27.2. The van der Waals surface area contributed by atoms with Crippen molar-refractivity contribution in [1.29, 1.82) is 0 Å². The first kappa shape index (κ1) is 14.3. The van der Waals surface area contributed by atoms with E-state index >= 15 is 0 Å². The van der Waals surface area contributed by atoms with Gasteiger partial charge >= 0.3 is 0 Å². The van der Waals surface area contributed by atoms with E-state index in [0.29, 0.717) is 0 Å². The molecule has 1 unspecified atom stereocenters. The van der Waals surface area contributed by atoms with E-state index < -0.39 is 0 Å². The molecular weight excluding hydrogens is 222 g/mol. The number of nitrogens with one attached hydrogen (secondary N) is 1. The van der Waals surface area contributed by atoms with Gasteiger partial charge in [-0.15, -0.1) is 0 Å². The van der Waals surface area contributed by atoms with Crippen LogP contribution in [0.1, 0.15) is 39.5 Å². The minimum absolute atomic E-state index is 0.843. The molecule has 0 radical (unpaired) electrons. The van der Waals surface area contributed by atoms with Crippen LogP contribution in [-0.4, -0.2) is 61.7 Å². The first-order chi connectivity index (χ1) is 8.83. The van der Waals surface area contributed by atoms with E-state index in [2.05, 4.69) is 29.0 Å². The van der Waals surface area contributed by atoms with Crippen LogP contribution in [0.2, 0.25) is 0 Å². The van der Waals surface area contributed by atoms with E-state index in [4.69, 9.17) is 0 Å². The number of likely N-dealkylation sites (tertiary alicyclic amines) is 1. The average molecular weight is 253 g/mol. The summed E-state index contributed by atoms with van der Waals surface area (Å²) in [5.41, 5.74) is 0. The van der Waals surface area contributed by atoms with Gasteiger partial charge < -0.3 is 15.1 Å². The quantitative estimate of drug-likeness (QED) is 0.778. The van der Waals surface area contributed by atoms with Gasteiger partial charge in [-0.2, -0.15) is 0 Å². The maximum atomic E-state index is 3.68. The molecular formula is C15H31N3. The number of hydrogen-bond acceptors (Lipinski definition) is 3. The lowest BCUT2D eigenvalue weighted by atomic mass is 9.88. The predicted molar refractivity (Wildman–Crippen MR) is 78.0 cm³/mol. The van der Waals surface area contributed by atoms with Crippen LogP contribution in [0.3, 0.4) is 0 Å². The van der Waals surface area contributed by atoms with Crippen LogP contribution in [-0.2, 0) is 0 Å². The Bertz CT molecular complexity index is 214. The van der Waals surface area contributed by atoms with Crippen molar-refractivity contribution in [3.63, 3.8) is 0 Å². The lowest BCUT2D eigenvalue weighted by Crippen LogP contribution is -2.43. The Labute approximate surface area is 113 Å². The summed E-state index contributed by atoms with van der Waals surface area (Å²) >= 11 is 0. The molecule has 0 saturated carbocycles. The number of rotatable bonds is 6. The SMILES string of the molecule is CCN(CC)CCN1CCC(C2CCCN2)CC1. The summed E-state index contributed by atoms with van der Waals surface area (Å²) in [7, 11) is 0. The predicted octanol–water partition coefficient (Wildman–Crippen LogP) is 1.79. The maximum absolute atomic E-state index is 3.68. The van der Waals surface area contributed by atoms with Crippen LogP contribution < -0.4 is 5.32 Å². The molecule has 2 heterocycles. The van der Waals surface area contributed by atoms with Crippen LogP contribution in [0, 0.1) is 5.92 Å². The molecule has 106 valence electrons. The van der Waals surface area contributed by atoms with E-state index in [-0.39, 0.29) is 0 Å². The second kappa shape index (κ2) is 7.46. The van der Waals surface area contributed by atoms with Crippen molar-refractivity contribution < 1.29 is 0 Å². The molecule has 1 N–H and O–H groups in total. The summed E-state index contributed by atoms with van der Waals surface area (Å²) < 4.78 is 0. The third-order valence-electron chi connectivity index (χ3n) is 4.93. The van der Waals surface area contributed by atoms with Gasteiger partial charge in [0, 0.05) is 19.1 Å². The van der Waals surface area contributed by atoms with Gasteiger partial charge in [0.15, 0.2) is 0 Å². The van der Waals surface area contributed by atoms with Crippen LogP contribution in [0.15, 0.2) is 0 Å². The Morgan fingerprint density at radius 3 is 2.39 bits per heavy atom. The summed E-state index contributed by atoms with van der Waals surface area (Å²) in [5.74, 6) is 0.956. The summed E-state index contributed by atoms with van der Waals surface area (Å²) in [6, 6.07) is 0.843. The maximum Gasteiger partial charge on any atom is 0.0109 e. The smallest absolute Gasteiger partial charge is 0.0109 e. The molecule has 18 heavy (non-hydrogen) atoms. The molecule has 2 saturated heterocycles. The Morgan fingerprint density at radius 2 is 1.83 bits per heavy atom. The summed E-state index contributed by atoms with van der Waals surface area (Å²) in [5, 5.41) is 3.68. The van der Waals surface area contributed by atoms with Crippen molar-refractivity contribution in [1.82, 2.24) is 15.1 Å². The second-order valence-electron chi connectivity index (χ2n) is 5.91. The number of hydrogen-bond donors (Lipinski definition) is 1. The van der Waals surface area contributed by atoms with Crippen molar-refractivity contribution in [2.75, 3.05) is 45.8 Å². The largest absolute Gasteiger partial charge is 0.314 e. The third-order valence-corrected chi connectivity index (χ3v) is 4.93. The van der Waals surface area contributed by atoms with Crippen LogP contribution in [0.25, 0.3) is 0 Å². The molecule has 3 heteroatoms. The molecule has 2 aliphatic rings. The number of piperidine rings is 1. The topological polar surface area (TPSA) is 18.5 Å². The fourth-order valence-corrected chi connectivity index (χ4v) is 3.52. The highest BCUT2D eigenvalue weighted by Gasteiger charge is 2.28. The van der Waals surface area contributed by atoms with Crippen molar-refractivity contribution in [3.8, 4) is 0 Å². The molecule has 2 rings (SSSR count).